The van der Waals surface area contributed by atoms with Crippen molar-refractivity contribution in [2.45, 2.75) is 128 Å². The van der Waals surface area contributed by atoms with Gasteiger partial charge < -0.3 is 69.9 Å². The second kappa shape index (κ2) is 28.8. The van der Waals surface area contributed by atoms with E-state index in [9.17, 15) is 66.6 Å². The van der Waals surface area contributed by atoms with Crippen LogP contribution in [0.1, 0.15) is 84.6 Å². The highest BCUT2D eigenvalue weighted by Crippen LogP contribution is 2.15. The second-order valence-electron chi connectivity index (χ2n) is 17.4. The normalized spacial score (nSPS) is 22.2. The van der Waals surface area contributed by atoms with E-state index in [4.69, 9.17) is 17.2 Å². The Labute approximate surface area is 400 Å². The quantitative estimate of drug-likeness (QED) is 0.0583. The summed E-state index contributed by atoms with van der Waals surface area (Å²) >= 11 is 0. The number of aromatic hydroxyl groups is 1. The number of carbonyl (C=O) groups is 10. The molecule has 8 atom stereocenters. The third kappa shape index (κ3) is 22.5. The number of phenolic OH excluding ortho intramolecular Hbond substituents is 1. The number of primary amides is 3. The third-order valence-electron chi connectivity index (χ3n) is 10.9. The molecule has 1 aromatic rings. The van der Waals surface area contributed by atoms with Crippen LogP contribution in [-0.4, -0.2) is 151 Å². The summed E-state index contributed by atoms with van der Waals surface area (Å²) in [5, 5.41) is 40.5. The van der Waals surface area contributed by atoms with E-state index < -0.39 is 174 Å². The molecular weight excluding hydrogens is 927 g/mol. The van der Waals surface area contributed by atoms with Gasteiger partial charge >= 0.3 is 0 Å². The molecule has 1 aliphatic rings. The smallest absolute Gasteiger partial charge is 0.243 e. The number of aliphatic hydroxyl groups is 1. The van der Waals surface area contributed by atoms with Crippen molar-refractivity contribution < 1.29 is 66.6 Å². The van der Waals surface area contributed by atoms with Crippen LogP contribution in [0, 0.1) is 11.8 Å². The Morgan fingerprint density at radius 1 is 0.797 bits per heavy atom. The molecule has 1 heterocycles. The van der Waals surface area contributed by atoms with Crippen molar-refractivity contribution in [3.8, 4) is 5.75 Å². The summed E-state index contributed by atoms with van der Waals surface area (Å²) in [5.41, 5.74) is 16.5. The molecule has 1 aliphatic heterocycles. The van der Waals surface area contributed by atoms with E-state index >= 15 is 0 Å². The number of sulfone groups is 1. The lowest BCUT2D eigenvalue weighted by atomic mass is 9.96. The molecular formula is C43H69N11O14S. The standard InChI is InChI=1S/C43H69N11O14S/c1-5-24(4)37-43(66)52-28(11-12-33(44)57)40(63)53-32(20-34(45)58)42(65)51-29(38(61)48-21-27(56)19-36(60)50-31(17-23(2)3)39(62)49-22-35(46)59)13-16-69(67,68)15-6-14-47-30(41(64)54-37)18-25-7-9-26(55)10-8-25/h7-10,23-24,27-32,37,47,55-56H,5-6,11-22H2,1-4H3,(H2,44,57)(H2,45,58)(H2,46,59)(H,48,61)(H,49,62)(H,50,60)(H,51,65)(H,52,66)(H,53,63)(H,54,64)/t24-,27+,28-,29-,30+,31-,32-,37-/m0/s1. The van der Waals surface area contributed by atoms with Crippen molar-refractivity contribution in [2.75, 3.05) is 31.1 Å². The van der Waals surface area contributed by atoms with Gasteiger partial charge in [0.1, 0.15) is 45.8 Å². The minimum absolute atomic E-state index is 0.0291. The van der Waals surface area contributed by atoms with Gasteiger partial charge in [-0.3, -0.25) is 47.9 Å². The van der Waals surface area contributed by atoms with Crippen LogP contribution in [-0.2, 0) is 64.2 Å². The third-order valence-corrected chi connectivity index (χ3v) is 12.7. The Hall–Kier alpha value is -6.41. The summed E-state index contributed by atoms with van der Waals surface area (Å²) in [6.07, 6.45) is -4.05. The summed E-state index contributed by atoms with van der Waals surface area (Å²) < 4.78 is 26.8. The van der Waals surface area contributed by atoms with Crippen molar-refractivity contribution >= 4 is 68.9 Å². The fraction of sp³-hybridized carbons (Fsp3) is 0.628. The Bertz CT molecular complexity index is 2090. The number of phenols is 1. The zero-order valence-electron chi connectivity index (χ0n) is 39.3. The molecule has 0 aromatic heterocycles. The molecule has 1 aromatic carbocycles. The van der Waals surface area contributed by atoms with Gasteiger partial charge in [-0.1, -0.05) is 46.2 Å². The molecule has 0 unspecified atom stereocenters. The first kappa shape index (κ1) is 58.7. The van der Waals surface area contributed by atoms with Crippen LogP contribution in [0.3, 0.4) is 0 Å². The maximum Gasteiger partial charge on any atom is 0.243 e. The molecule has 0 radical (unpaired) electrons. The van der Waals surface area contributed by atoms with Crippen LogP contribution in [0.2, 0.25) is 0 Å². The first-order valence-electron chi connectivity index (χ1n) is 22.6. The van der Waals surface area contributed by atoms with Crippen LogP contribution >= 0.6 is 0 Å². The maximum atomic E-state index is 14.0. The molecule has 386 valence electrons. The average Bonchev–Trinajstić information content (AvgIpc) is 3.26. The van der Waals surface area contributed by atoms with Crippen LogP contribution in [0.15, 0.2) is 24.3 Å². The van der Waals surface area contributed by atoms with Crippen molar-refractivity contribution in [3.05, 3.63) is 29.8 Å². The number of hydrogen-bond donors (Lipinski definition) is 13. The first-order chi connectivity index (χ1) is 32.3. The van der Waals surface area contributed by atoms with Gasteiger partial charge in [0.15, 0.2) is 0 Å². The minimum Gasteiger partial charge on any atom is -0.508 e. The van der Waals surface area contributed by atoms with Gasteiger partial charge in [-0.2, -0.15) is 0 Å². The van der Waals surface area contributed by atoms with Crippen LogP contribution in [0.5, 0.6) is 5.75 Å². The Kier molecular flexibility index (Phi) is 24.5. The highest BCUT2D eigenvalue weighted by Gasteiger charge is 2.35. The molecule has 25 nitrogen and oxygen atoms in total. The predicted octanol–water partition coefficient (Wildman–Crippen LogP) is -4.77. The summed E-state index contributed by atoms with van der Waals surface area (Å²) in [6, 6.07) is -2.62. The number of rotatable bonds is 20. The van der Waals surface area contributed by atoms with Crippen LogP contribution in [0.4, 0.5) is 0 Å². The SMILES string of the molecule is CC[C@H](C)[C@@H]1NC(=O)[C@@H](Cc2ccc(O)cc2)NCCCS(=O)(=O)CC[C@@H](C(=O)NC[C@H](O)CC(=O)N[C@@H](CC(C)C)C(=O)NCC(N)=O)NC(=O)[C@H](CC(N)=O)NC(=O)[C@H](CCC(N)=O)NC1=O. The lowest BCUT2D eigenvalue weighted by Gasteiger charge is -2.29. The van der Waals surface area contributed by atoms with Gasteiger partial charge in [0, 0.05) is 13.0 Å². The molecule has 10 amide bonds. The topological polar surface area (TPSA) is 420 Å². The summed E-state index contributed by atoms with van der Waals surface area (Å²) in [6.45, 7) is 5.81. The van der Waals surface area contributed by atoms with Crippen molar-refractivity contribution in [3.63, 3.8) is 0 Å². The van der Waals surface area contributed by atoms with E-state index in [2.05, 4.69) is 42.5 Å². The largest absolute Gasteiger partial charge is 0.508 e. The zero-order chi connectivity index (χ0) is 52.0. The lowest BCUT2D eigenvalue weighted by molar-refractivity contribution is -0.136. The van der Waals surface area contributed by atoms with E-state index in [1.807, 2.05) is 0 Å². The van der Waals surface area contributed by atoms with Gasteiger partial charge in [0.25, 0.3) is 0 Å². The highest BCUT2D eigenvalue weighted by atomic mass is 32.2. The molecule has 2 rings (SSSR count). The van der Waals surface area contributed by atoms with E-state index in [0.29, 0.717) is 12.0 Å². The average molecular weight is 996 g/mol. The molecule has 0 saturated carbocycles. The molecule has 1 saturated heterocycles. The number of benzene rings is 1. The Morgan fingerprint density at radius 3 is 2.01 bits per heavy atom. The van der Waals surface area contributed by atoms with Crippen LogP contribution < -0.4 is 59.7 Å². The van der Waals surface area contributed by atoms with E-state index in [1.165, 1.54) is 12.1 Å². The first-order valence-corrected chi connectivity index (χ1v) is 24.4. The number of carbonyl (C=O) groups excluding carboxylic acids is 10. The minimum atomic E-state index is -4.02. The van der Waals surface area contributed by atoms with Gasteiger partial charge in [0.2, 0.25) is 59.1 Å². The van der Waals surface area contributed by atoms with Crippen LogP contribution in [0.25, 0.3) is 0 Å². The van der Waals surface area contributed by atoms with E-state index in [0.717, 1.165) is 0 Å². The second-order valence-corrected chi connectivity index (χ2v) is 19.7. The van der Waals surface area contributed by atoms with Gasteiger partial charge in [-0.15, -0.1) is 0 Å². The molecule has 1 fully saturated rings. The van der Waals surface area contributed by atoms with Crippen molar-refractivity contribution in [1.29, 1.82) is 0 Å². The molecule has 0 aliphatic carbocycles. The predicted molar refractivity (Wildman–Crippen MR) is 248 cm³/mol. The van der Waals surface area contributed by atoms with Gasteiger partial charge in [0.05, 0.1) is 43.0 Å². The summed E-state index contributed by atoms with van der Waals surface area (Å²) in [5.74, 6) is -11.0. The monoisotopic (exact) mass is 995 g/mol. The van der Waals surface area contributed by atoms with Gasteiger partial charge in [-0.05, 0) is 68.2 Å². The summed E-state index contributed by atoms with van der Waals surface area (Å²) in [4.78, 5) is 130. The molecule has 0 bridgehead atoms. The van der Waals surface area contributed by atoms with Crippen molar-refractivity contribution in [2.24, 2.45) is 29.0 Å². The zero-order valence-corrected chi connectivity index (χ0v) is 40.2. The maximum absolute atomic E-state index is 14.0. The lowest BCUT2D eigenvalue weighted by Crippen LogP contribution is -2.60. The summed E-state index contributed by atoms with van der Waals surface area (Å²) in [7, 11) is -4.02. The van der Waals surface area contributed by atoms with Crippen molar-refractivity contribution in [1.82, 2.24) is 42.5 Å². The fourth-order valence-corrected chi connectivity index (χ4v) is 8.35. The van der Waals surface area contributed by atoms with Gasteiger partial charge in [-0.25, -0.2) is 8.42 Å². The number of amides is 10. The Morgan fingerprint density at radius 2 is 1.42 bits per heavy atom. The number of aliphatic hydroxyl groups excluding tert-OH is 1. The Balaban J connectivity index is 2.49. The molecule has 16 N–H and O–H groups in total. The van der Waals surface area contributed by atoms with E-state index in [1.54, 1.807) is 39.8 Å². The molecule has 0 spiro atoms. The number of hydrogen-bond acceptors (Lipinski definition) is 15. The fourth-order valence-electron chi connectivity index (χ4n) is 6.97. The molecule has 26 heteroatoms. The molecule has 69 heavy (non-hydrogen) atoms. The highest BCUT2D eigenvalue weighted by molar-refractivity contribution is 7.91. The number of nitrogens with one attached hydrogen (secondary N) is 8. The number of nitrogens with two attached hydrogens (primary N) is 3. The van der Waals surface area contributed by atoms with E-state index in [-0.39, 0.29) is 37.5 Å².